The highest BCUT2D eigenvalue weighted by Crippen LogP contribution is 2.61. The first-order chi connectivity index (χ1) is 13.3. The highest BCUT2D eigenvalue weighted by Gasteiger charge is 2.66. The predicted molar refractivity (Wildman–Crippen MR) is 114 cm³/mol. The van der Waals surface area contributed by atoms with Crippen LogP contribution >= 0.6 is 0 Å². The standard InChI is InChI=1S/C25H38O3/c1-18(2)7-6-15-25(23(26)27)21-12-10-19(3)8-5-9-20(4)11-13-22(25)24(16-14-21)17-28-24/h7,9-10,21-22H,5-6,8,11-17H2,1-4H3,(H,26,27)/b19-10+,20-9+/t21-,22+,24+,25-/m1/s1. The van der Waals surface area contributed by atoms with Crippen molar-refractivity contribution < 1.29 is 14.6 Å². The minimum atomic E-state index is -0.684. The number of allylic oxidation sites excluding steroid dienone is 6. The summed E-state index contributed by atoms with van der Waals surface area (Å²) in [6.07, 6.45) is 15.4. The molecule has 3 aliphatic rings. The number of ether oxygens (including phenoxy) is 1. The molecule has 3 heteroatoms. The van der Waals surface area contributed by atoms with Crippen LogP contribution in [0.1, 0.15) is 85.5 Å². The zero-order chi connectivity index (χ0) is 20.4. The molecule has 2 bridgehead atoms. The molecule has 0 amide bonds. The second-order valence-electron chi connectivity index (χ2n) is 9.72. The second kappa shape index (κ2) is 8.57. The Morgan fingerprint density at radius 2 is 1.93 bits per heavy atom. The van der Waals surface area contributed by atoms with Gasteiger partial charge in [0.15, 0.2) is 0 Å². The third-order valence-electron chi connectivity index (χ3n) is 7.53. The normalized spacial score (nSPS) is 39.6. The molecule has 1 aliphatic heterocycles. The third-order valence-corrected chi connectivity index (χ3v) is 7.53. The molecule has 156 valence electrons. The number of rotatable bonds is 4. The van der Waals surface area contributed by atoms with E-state index in [1.54, 1.807) is 0 Å². The Kier molecular flexibility index (Phi) is 6.54. The van der Waals surface area contributed by atoms with Gasteiger partial charge in [0.25, 0.3) is 0 Å². The number of carboxylic acids is 1. The molecule has 4 atom stereocenters. The van der Waals surface area contributed by atoms with E-state index in [9.17, 15) is 9.90 Å². The van der Waals surface area contributed by atoms with Crippen LogP contribution in [-0.2, 0) is 9.53 Å². The van der Waals surface area contributed by atoms with Gasteiger partial charge in [-0.05, 0) is 91.4 Å². The molecule has 28 heavy (non-hydrogen) atoms. The first-order valence-electron chi connectivity index (χ1n) is 11.1. The minimum Gasteiger partial charge on any atom is -0.481 e. The molecule has 1 heterocycles. The fraction of sp³-hybridized carbons (Fsp3) is 0.720. The Morgan fingerprint density at radius 3 is 2.57 bits per heavy atom. The molecule has 1 saturated carbocycles. The van der Waals surface area contributed by atoms with Crippen molar-refractivity contribution >= 4 is 5.97 Å². The van der Waals surface area contributed by atoms with Crippen LogP contribution in [0.15, 0.2) is 34.9 Å². The summed E-state index contributed by atoms with van der Waals surface area (Å²) in [5, 5.41) is 10.6. The van der Waals surface area contributed by atoms with Gasteiger partial charge in [-0.15, -0.1) is 0 Å². The summed E-state index contributed by atoms with van der Waals surface area (Å²) in [5.41, 5.74) is 3.20. The summed E-state index contributed by atoms with van der Waals surface area (Å²) in [7, 11) is 0. The van der Waals surface area contributed by atoms with Crippen molar-refractivity contribution in [3.05, 3.63) is 34.9 Å². The molecule has 1 N–H and O–H groups in total. The molecule has 2 aliphatic carbocycles. The zero-order valence-electron chi connectivity index (χ0n) is 18.2. The maximum Gasteiger partial charge on any atom is 0.310 e. The van der Waals surface area contributed by atoms with Crippen LogP contribution in [0.5, 0.6) is 0 Å². The lowest BCUT2D eigenvalue weighted by molar-refractivity contribution is -0.167. The fourth-order valence-electron chi connectivity index (χ4n) is 5.77. The molecule has 0 radical (unpaired) electrons. The van der Waals surface area contributed by atoms with Crippen LogP contribution in [0.4, 0.5) is 0 Å². The van der Waals surface area contributed by atoms with Crippen molar-refractivity contribution in [2.75, 3.05) is 6.61 Å². The quantitative estimate of drug-likeness (QED) is 0.446. The highest BCUT2D eigenvalue weighted by molar-refractivity contribution is 5.76. The highest BCUT2D eigenvalue weighted by atomic mass is 16.6. The van der Waals surface area contributed by atoms with Gasteiger partial charge in [-0.1, -0.05) is 34.9 Å². The van der Waals surface area contributed by atoms with E-state index in [1.807, 2.05) is 0 Å². The maximum atomic E-state index is 12.9. The number of carboxylic acid groups (broad SMARTS) is 1. The van der Waals surface area contributed by atoms with Crippen LogP contribution < -0.4 is 0 Å². The molecule has 3 nitrogen and oxygen atoms in total. The summed E-state index contributed by atoms with van der Waals surface area (Å²) >= 11 is 0. The van der Waals surface area contributed by atoms with Gasteiger partial charge < -0.3 is 9.84 Å². The van der Waals surface area contributed by atoms with Crippen molar-refractivity contribution in [2.45, 2.75) is 91.1 Å². The topological polar surface area (TPSA) is 49.8 Å². The number of carbonyl (C=O) groups is 1. The van der Waals surface area contributed by atoms with Crippen LogP contribution in [0, 0.1) is 17.3 Å². The van der Waals surface area contributed by atoms with E-state index >= 15 is 0 Å². The number of hydrogen-bond donors (Lipinski definition) is 1. The Hall–Kier alpha value is -1.35. The summed E-state index contributed by atoms with van der Waals surface area (Å²) in [6.45, 7) is 9.35. The first-order valence-corrected chi connectivity index (χ1v) is 11.1. The van der Waals surface area contributed by atoms with Crippen LogP contribution in [-0.4, -0.2) is 23.3 Å². The summed E-state index contributed by atoms with van der Waals surface area (Å²) in [6, 6.07) is 0. The van der Waals surface area contributed by atoms with Gasteiger partial charge in [0, 0.05) is 5.92 Å². The average Bonchev–Trinajstić information content (AvgIpc) is 3.39. The summed E-state index contributed by atoms with van der Waals surface area (Å²) < 4.78 is 6.02. The molecule has 0 unspecified atom stereocenters. The third kappa shape index (κ3) is 4.30. The number of hydrogen-bond acceptors (Lipinski definition) is 2. The first kappa shape index (κ1) is 21.4. The van der Waals surface area contributed by atoms with Crippen LogP contribution in [0.2, 0.25) is 0 Å². The van der Waals surface area contributed by atoms with E-state index in [1.165, 1.54) is 16.7 Å². The Balaban J connectivity index is 2.02. The van der Waals surface area contributed by atoms with Crippen molar-refractivity contribution in [3.63, 3.8) is 0 Å². The van der Waals surface area contributed by atoms with Crippen LogP contribution in [0.25, 0.3) is 0 Å². The Bertz CT molecular complexity index is 676. The predicted octanol–water partition coefficient (Wildman–Crippen LogP) is 6.46. The monoisotopic (exact) mass is 386 g/mol. The lowest BCUT2D eigenvalue weighted by Crippen LogP contribution is -2.54. The van der Waals surface area contributed by atoms with E-state index in [2.05, 4.69) is 45.9 Å². The molecule has 0 aromatic rings. The molecule has 0 aromatic heterocycles. The number of epoxide rings is 1. The zero-order valence-corrected chi connectivity index (χ0v) is 18.2. The van der Waals surface area contributed by atoms with Crippen molar-refractivity contribution in [1.29, 1.82) is 0 Å². The Labute approximate surface area is 170 Å². The van der Waals surface area contributed by atoms with Crippen LogP contribution in [0.3, 0.4) is 0 Å². The van der Waals surface area contributed by atoms with E-state index in [-0.39, 0.29) is 17.4 Å². The molecule has 2 fully saturated rings. The lowest BCUT2D eigenvalue weighted by atomic mass is 9.52. The lowest BCUT2D eigenvalue weighted by Gasteiger charge is -2.50. The summed E-state index contributed by atoms with van der Waals surface area (Å²) in [5.74, 6) is -0.281. The van der Waals surface area contributed by atoms with E-state index in [0.717, 1.165) is 64.4 Å². The minimum absolute atomic E-state index is 0.110. The number of fused-ring (bicyclic) bond motifs is 3. The van der Waals surface area contributed by atoms with E-state index in [0.29, 0.717) is 0 Å². The van der Waals surface area contributed by atoms with Gasteiger partial charge in [-0.25, -0.2) is 0 Å². The Morgan fingerprint density at radius 1 is 1.21 bits per heavy atom. The smallest absolute Gasteiger partial charge is 0.310 e. The van der Waals surface area contributed by atoms with Gasteiger partial charge in [-0.2, -0.15) is 0 Å². The van der Waals surface area contributed by atoms with E-state index < -0.39 is 11.4 Å². The van der Waals surface area contributed by atoms with Gasteiger partial charge >= 0.3 is 5.97 Å². The van der Waals surface area contributed by atoms with Crippen molar-refractivity contribution in [3.8, 4) is 0 Å². The molecule has 1 saturated heterocycles. The van der Waals surface area contributed by atoms with Gasteiger partial charge in [0.1, 0.15) is 0 Å². The maximum absolute atomic E-state index is 12.9. The average molecular weight is 387 g/mol. The summed E-state index contributed by atoms with van der Waals surface area (Å²) in [4.78, 5) is 12.9. The van der Waals surface area contributed by atoms with E-state index in [4.69, 9.17) is 4.74 Å². The van der Waals surface area contributed by atoms with Gasteiger partial charge in [0.2, 0.25) is 0 Å². The van der Waals surface area contributed by atoms with Gasteiger partial charge in [-0.3, -0.25) is 4.79 Å². The molecular formula is C25H38O3. The van der Waals surface area contributed by atoms with Crippen molar-refractivity contribution in [2.24, 2.45) is 17.3 Å². The second-order valence-corrected chi connectivity index (χ2v) is 9.72. The molecular weight excluding hydrogens is 348 g/mol. The SMILES string of the molecule is CC(C)=CCC[C@@]1(C(=O)O)[C@@H]2C/C=C(\C)CC/C=C(\C)CC[C@H]1[C@]1(CC2)CO1. The number of aliphatic carboxylic acids is 1. The fourth-order valence-corrected chi connectivity index (χ4v) is 5.77. The van der Waals surface area contributed by atoms with Gasteiger partial charge in [0.05, 0.1) is 17.6 Å². The molecule has 3 rings (SSSR count). The molecule has 0 aromatic carbocycles. The largest absolute Gasteiger partial charge is 0.481 e. The molecule has 1 spiro atoms. The van der Waals surface area contributed by atoms with Crippen molar-refractivity contribution in [1.82, 2.24) is 0 Å².